The lowest BCUT2D eigenvalue weighted by molar-refractivity contribution is -0.131. The Labute approximate surface area is 186 Å². The first-order chi connectivity index (χ1) is 15.2. The molecule has 0 radical (unpaired) electrons. The van der Waals surface area contributed by atoms with Crippen LogP contribution in [-0.4, -0.2) is 39.6 Å². The Morgan fingerprint density at radius 3 is 2.47 bits per heavy atom. The molecule has 0 spiro atoms. The van der Waals surface area contributed by atoms with Crippen molar-refractivity contribution in [3.8, 4) is 6.07 Å². The zero-order valence-corrected chi connectivity index (χ0v) is 18.3. The number of urea groups is 1. The molecule has 7 heteroatoms. The molecule has 6 nitrogen and oxygen atoms in total. The van der Waals surface area contributed by atoms with Crippen molar-refractivity contribution in [2.24, 2.45) is 0 Å². The van der Waals surface area contributed by atoms with Gasteiger partial charge in [0.15, 0.2) is 5.78 Å². The second-order valence-electron chi connectivity index (χ2n) is 8.17. The average Bonchev–Trinajstić information content (AvgIpc) is 2.92. The van der Waals surface area contributed by atoms with Crippen molar-refractivity contribution in [3.05, 3.63) is 82.7 Å². The first kappa shape index (κ1) is 22.9. The molecular formula is C25H24FN3O3. The van der Waals surface area contributed by atoms with Gasteiger partial charge in [-0.15, -0.1) is 0 Å². The van der Waals surface area contributed by atoms with E-state index in [2.05, 4.69) is 0 Å². The SMILES string of the molecule is Cc1ccc(C(=O)c2cc(F)ccc2CN2C(=O)N(C/C=C\CC#N)C(=O)C2(C)C)cc1. The maximum absolute atomic E-state index is 14.0. The van der Waals surface area contributed by atoms with Gasteiger partial charge in [0.05, 0.1) is 12.5 Å². The highest BCUT2D eigenvalue weighted by Gasteiger charge is 2.50. The Hall–Kier alpha value is -3.79. The van der Waals surface area contributed by atoms with Crippen molar-refractivity contribution in [2.75, 3.05) is 6.54 Å². The third-order valence-electron chi connectivity index (χ3n) is 5.53. The van der Waals surface area contributed by atoms with Crippen LogP contribution in [0.2, 0.25) is 0 Å². The number of amides is 3. The van der Waals surface area contributed by atoms with Crippen LogP contribution in [0.25, 0.3) is 0 Å². The minimum atomic E-state index is -1.14. The van der Waals surface area contributed by atoms with Crippen LogP contribution in [0, 0.1) is 24.1 Å². The molecule has 1 heterocycles. The van der Waals surface area contributed by atoms with E-state index in [1.807, 2.05) is 13.0 Å². The molecule has 1 saturated heterocycles. The van der Waals surface area contributed by atoms with Crippen LogP contribution in [0.3, 0.4) is 0 Å². The summed E-state index contributed by atoms with van der Waals surface area (Å²) in [5.74, 6) is -1.29. The molecule has 0 bridgehead atoms. The molecule has 1 fully saturated rings. The maximum Gasteiger partial charge on any atom is 0.328 e. The fraction of sp³-hybridized carbons (Fsp3) is 0.280. The van der Waals surface area contributed by atoms with Crippen molar-refractivity contribution in [2.45, 2.75) is 39.3 Å². The molecule has 1 aliphatic rings. The first-order valence-corrected chi connectivity index (χ1v) is 10.2. The summed E-state index contributed by atoms with van der Waals surface area (Å²) in [6.07, 6.45) is 3.38. The summed E-state index contributed by atoms with van der Waals surface area (Å²) in [5.41, 5.74) is 0.867. The standard InChI is InChI=1S/C25H24FN3O3/c1-17-7-9-18(10-8-17)22(30)21-15-20(26)12-11-19(21)16-29-24(32)28(14-6-4-5-13-27)23(31)25(29,2)3/h4,6-12,15H,5,14,16H2,1-3H3/b6-4-. The van der Waals surface area contributed by atoms with Gasteiger partial charge in [-0.25, -0.2) is 9.18 Å². The summed E-state index contributed by atoms with van der Waals surface area (Å²) in [6.45, 7) is 5.21. The lowest BCUT2D eigenvalue weighted by Gasteiger charge is -2.28. The molecule has 3 amide bonds. The second kappa shape index (κ2) is 9.15. The summed E-state index contributed by atoms with van der Waals surface area (Å²) in [5, 5.41) is 8.63. The quantitative estimate of drug-likeness (QED) is 0.369. The van der Waals surface area contributed by atoms with Gasteiger partial charge in [-0.1, -0.05) is 48.0 Å². The zero-order valence-electron chi connectivity index (χ0n) is 18.3. The first-order valence-electron chi connectivity index (χ1n) is 10.2. The third-order valence-corrected chi connectivity index (χ3v) is 5.53. The summed E-state index contributed by atoms with van der Waals surface area (Å²) in [7, 11) is 0. The van der Waals surface area contributed by atoms with E-state index in [-0.39, 0.29) is 36.8 Å². The number of nitriles is 1. The smallest absolute Gasteiger partial charge is 0.306 e. The van der Waals surface area contributed by atoms with E-state index in [1.54, 1.807) is 50.3 Å². The molecular weight excluding hydrogens is 409 g/mol. The largest absolute Gasteiger partial charge is 0.328 e. The Bertz CT molecular complexity index is 1130. The number of allylic oxidation sites excluding steroid dienone is 1. The van der Waals surface area contributed by atoms with Gasteiger partial charge < -0.3 is 4.90 Å². The van der Waals surface area contributed by atoms with Crippen LogP contribution in [0.15, 0.2) is 54.6 Å². The maximum atomic E-state index is 14.0. The molecule has 0 unspecified atom stereocenters. The molecule has 3 rings (SSSR count). The van der Waals surface area contributed by atoms with Crippen molar-refractivity contribution >= 4 is 17.7 Å². The highest BCUT2D eigenvalue weighted by atomic mass is 19.1. The van der Waals surface area contributed by atoms with Gasteiger partial charge in [0, 0.05) is 24.2 Å². The molecule has 0 aliphatic carbocycles. The predicted molar refractivity (Wildman–Crippen MR) is 117 cm³/mol. The number of carbonyl (C=O) groups is 3. The van der Waals surface area contributed by atoms with Crippen LogP contribution in [-0.2, 0) is 11.3 Å². The van der Waals surface area contributed by atoms with E-state index in [0.29, 0.717) is 11.1 Å². The summed E-state index contributed by atoms with van der Waals surface area (Å²) in [6, 6.07) is 12.3. The van der Waals surface area contributed by atoms with Gasteiger partial charge >= 0.3 is 6.03 Å². The number of halogens is 1. The number of carbonyl (C=O) groups excluding carboxylic acids is 3. The van der Waals surface area contributed by atoms with E-state index in [4.69, 9.17) is 5.26 Å². The average molecular weight is 433 g/mol. The van der Waals surface area contributed by atoms with Crippen LogP contribution in [0.5, 0.6) is 0 Å². The minimum absolute atomic E-state index is 0.0246. The molecule has 32 heavy (non-hydrogen) atoms. The van der Waals surface area contributed by atoms with Crippen LogP contribution in [0.4, 0.5) is 9.18 Å². The van der Waals surface area contributed by atoms with Crippen molar-refractivity contribution in [3.63, 3.8) is 0 Å². The Morgan fingerprint density at radius 2 is 1.81 bits per heavy atom. The van der Waals surface area contributed by atoms with Crippen molar-refractivity contribution in [1.29, 1.82) is 5.26 Å². The summed E-state index contributed by atoms with van der Waals surface area (Å²) < 4.78 is 14.0. The molecule has 2 aromatic rings. The van der Waals surface area contributed by atoms with Crippen molar-refractivity contribution in [1.82, 2.24) is 9.80 Å². The van der Waals surface area contributed by atoms with Gasteiger partial charge in [0.2, 0.25) is 0 Å². The molecule has 2 aromatic carbocycles. The Kier molecular flexibility index (Phi) is 6.54. The summed E-state index contributed by atoms with van der Waals surface area (Å²) >= 11 is 0. The van der Waals surface area contributed by atoms with Gasteiger partial charge in [-0.2, -0.15) is 5.26 Å². The molecule has 1 aliphatic heterocycles. The monoisotopic (exact) mass is 433 g/mol. The zero-order chi connectivity index (χ0) is 23.5. The fourth-order valence-electron chi connectivity index (χ4n) is 3.59. The lowest BCUT2D eigenvalue weighted by Crippen LogP contribution is -2.43. The number of rotatable bonds is 7. The summed E-state index contributed by atoms with van der Waals surface area (Å²) in [4.78, 5) is 41.5. The van der Waals surface area contributed by atoms with Crippen LogP contribution in [0.1, 0.15) is 47.3 Å². The highest BCUT2D eigenvalue weighted by molar-refractivity contribution is 6.10. The van der Waals surface area contributed by atoms with Gasteiger partial charge in [-0.3, -0.25) is 14.5 Å². The number of hydrogen-bond acceptors (Lipinski definition) is 4. The number of aryl methyl sites for hydroxylation is 1. The Balaban J connectivity index is 1.92. The number of hydrogen-bond donors (Lipinski definition) is 0. The number of ketones is 1. The molecule has 0 N–H and O–H groups in total. The number of nitrogens with zero attached hydrogens (tertiary/aromatic N) is 3. The van der Waals surface area contributed by atoms with E-state index in [1.165, 1.54) is 17.0 Å². The highest BCUT2D eigenvalue weighted by Crippen LogP contribution is 2.31. The molecule has 0 aromatic heterocycles. The van der Waals surface area contributed by atoms with Crippen molar-refractivity contribution < 1.29 is 18.8 Å². The number of imide groups is 1. The lowest BCUT2D eigenvalue weighted by atomic mass is 9.96. The van der Waals surface area contributed by atoms with E-state index < -0.39 is 17.4 Å². The molecule has 164 valence electrons. The Morgan fingerprint density at radius 1 is 1.12 bits per heavy atom. The van der Waals surface area contributed by atoms with Crippen LogP contribution < -0.4 is 0 Å². The van der Waals surface area contributed by atoms with E-state index >= 15 is 0 Å². The normalized spacial score (nSPS) is 15.5. The minimum Gasteiger partial charge on any atom is -0.306 e. The number of benzene rings is 2. The second-order valence-corrected chi connectivity index (χ2v) is 8.17. The predicted octanol–water partition coefficient (Wildman–Crippen LogP) is 4.38. The van der Waals surface area contributed by atoms with Crippen LogP contribution >= 0.6 is 0 Å². The van der Waals surface area contributed by atoms with E-state index in [9.17, 15) is 18.8 Å². The van der Waals surface area contributed by atoms with Gasteiger partial charge in [0.25, 0.3) is 5.91 Å². The molecule has 0 saturated carbocycles. The fourth-order valence-corrected chi connectivity index (χ4v) is 3.59. The van der Waals surface area contributed by atoms with E-state index in [0.717, 1.165) is 16.5 Å². The molecule has 0 atom stereocenters. The topological polar surface area (TPSA) is 81.5 Å². The van der Waals surface area contributed by atoms with Gasteiger partial charge in [0.1, 0.15) is 11.4 Å². The van der Waals surface area contributed by atoms with Gasteiger partial charge in [-0.05, 0) is 38.5 Å². The third kappa shape index (κ3) is 4.45.